The van der Waals surface area contributed by atoms with Gasteiger partial charge in [-0.05, 0) is 47.7 Å². The molecule has 41 heavy (non-hydrogen) atoms. The molecule has 0 saturated carbocycles. The molecule has 0 aromatic heterocycles. The first-order valence-corrected chi connectivity index (χ1v) is 15.8. The molecule has 3 aromatic rings. The third-order valence-electron chi connectivity index (χ3n) is 6.86. The molecular formula is C31H34BrN3O5S. The van der Waals surface area contributed by atoms with E-state index in [1.54, 1.807) is 17.0 Å². The van der Waals surface area contributed by atoms with Crippen LogP contribution in [0.4, 0.5) is 0 Å². The van der Waals surface area contributed by atoms with Crippen LogP contribution in [0.2, 0.25) is 0 Å². The second-order valence-electron chi connectivity index (χ2n) is 10.5. The van der Waals surface area contributed by atoms with Crippen molar-refractivity contribution < 1.29 is 22.8 Å². The van der Waals surface area contributed by atoms with Gasteiger partial charge in [0, 0.05) is 36.9 Å². The third-order valence-corrected chi connectivity index (χ3v) is 9.20. The van der Waals surface area contributed by atoms with Gasteiger partial charge < -0.3 is 10.2 Å². The second kappa shape index (κ2) is 13.4. The van der Waals surface area contributed by atoms with Crippen LogP contribution in [0.25, 0.3) is 0 Å². The first-order chi connectivity index (χ1) is 19.6. The lowest BCUT2D eigenvalue weighted by atomic mass is 10.0. The van der Waals surface area contributed by atoms with Crippen molar-refractivity contribution >= 4 is 43.7 Å². The van der Waals surface area contributed by atoms with Crippen LogP contribution in [0.3, 0.4) is 0 Å². The Morgan fingerprint density at radius 2 is 1.63 bits per heavy atom. The number of halogens is 1. The molecule has 1 heterocycles. The average molecular weight is 641 g/mol. The molecule has 0 radical (unpaired) electrons. The maximum atomic E-state index is 13.8. The molecule has 1 aliphatic heterocycles. The summed E-state index contributed by atoms with van der Waals surface area (Å²) in [5, 5.41) is 2.99. The number of fused-ring (bicyclic) bond motifs is 1. The second-order valence-corrected chi connectivity index (χ2v) is 13.2. The zero-order chi connectivity index (χ0) is 29.6. The van der Waals surface area contributed by atoms with E-state index in [2.05, 4.69) is 21.2 Å². The van der Waals surface area contributed by atoms with Crippen LogP contribution in [0.15, 0.2) is 88.2 Å². The number of nitrogens with one attached hydrogen (secondary N) is 1. The molecule has 0 aliphatic carbocycles. The lowest BCUT2D eigenvalue weighted by Gasteiger charge is -2.32. The first kappa shape index (κ1) is 30.5. The van der Waals surface area contributed by atoms with Crippen LogP contribution in [0.1, 0.15) is 48.2 Å². The van der Waals surface area contributed by atoms with Crippen molar-refractivity contribution in [2.45, 2.75) is 50.6 Å². The zero-order valence-corrected chi connectivity index (χ0v) is 25.5. The molecule has 0 saturated heterocycles. The van der Waals surface area contributed by atoms with E-state index in [1.165, 1.54) is 12.1 Å². The Kier molecular flexibility index (Phi) is 9.99. The van der Waals surface area contributed by atoms with E-state index >= 15 is 0 Å². The van der Waals surface area contributed by atoms with Crippen LogP contribution in [-0.4, -0.2) is 54.5 Å². The Morgan fingerprint density at radius 3 is 2.32 bits per heavy atom. The summed E-state index contributed by atoms with van der Waals surface area (Å²) in [6.45, 7) is 4.54. The SMILES string of the molecule is CC(C)CNC(=O)[C@H](Cc1ccccc1)N(Cc1cccc(Br)c1)C(=O)CCCN1C(=O)c2ccccc2S1(=O)=O. The number of hydrogen-bond donors (Lipinski definition) is 1. The summed E-state index contributed by atoms with van der Waals surface area (Å²) in [6.07, 6.45) is 0.406. The quantitative estimate of drug-likeness (QED) is 0.307. The Morgan fingerprint density at radius 1 is 0.951 bits per heavy atom. The van der Waals surface area contributed by atoms with Crippen LogP contribution in [0, 0.1) is 5.92 Å². The van der Waals surface area contributed by atoms with E-state index in [4.69, 9.17) is 0 Å². The van der Waals surface area contributed by atoms with Crippen LogP contribution >= 0.6 is 15.9 Å². The molecule has 3 amide bonds. The van der Waals surface area contributed by atoms with Crippen molar-refractivity contribution in [2.24, 2.45) is 5.92 Å². The highest BCUT2D eigenvalue weighted by molar-refractivity contribution is 9.10. The van der Waals surface area contributed by atoms with Gasteiger partial charge in [-0.15, -0.1) is 0 Å². The van der Waals surface area contributed by atoms with Gasteiger partial charge >= 0.3 is 0 Å². The Labute approximate surface area is 249 Å². The topological polar surface area (TPSA) is 104 Å². The minimum atomic E-state index is -3.96. The summed E-state index contributed by atoms with van der Waals surface area (Å²) in [5.41, 5.74) is 1.89. The summed E-state index contributed by atoms with van der Waals surface area (Å²) in [5.74, 6) is -0.908. The molecule has 0 spiro atoms. The molecule has 3 aromatic carbocycles. The van der Waals surface area contributed by atoms with E-state index in [0.717, 1.165) is 19.9 Å². The van der Waals surface area contributed by atoms with E-state index in [9.17, 15) is 22.8 Å². The van der Waals surface area contributed by atoms with E-state index in [0.29, 0.717) is 13.0 Å². The van der Waals surface area contributed by atoms with Gasteiger partial charge in [0.1, 0.15) is 10.9 Å². The van der Waals surface area contributed by atoms with Crippen molar-refractivity contribution in [2.75, 3.05) is 13.1 Å². The monoisotopic (exact) mass is 639 g/mol. The molecule has 0 unspecified atom stereocenters. The van der Waals surface area contributed by atoms with Gasteiger partial charge in [0.05, 0.1) is 5.56 Å². The lowest BCUT2D eigenvalue weighted by molar-refractivity contribution is -0.141. The summed E-state index contributed by atoms with van der Waals surface area (Å²) < 4.78 is 27.6. The van der Waals surface area contributed by atoms with Gasteiger partial charge in [-0.1, -0.05) is 84.4 Å². The third kappa shape index (κ3) is 7.42. The summed E-state index contributed by atoms with van der Waals surface area (Å²) in [7, 11) is -3.96. The molecule has 216 valence electrons. The highest BCUT2D eigenvalue weighted by atomic mass is 79.9. The van der Waals surface area contributed by atoms with Gasteiger partial charge in [-0.25, -0.2) is 12.7 Å². The molecule has 10 heteroatoms. The maximum Gasteiger partial charge on any atom is 0.269 e. The fourth-order valence-corrected chi connectivity index (χ4v) is 6.83. The molecule has 1 N–H and O–H groups in total. The highest BCUT2D eigenvalue weighted by Gasteiger charge is 2.40. The number of hydrogen-bond acceptors (Lipinski definition) is 5. The predicted octanol–water partition coefficient (Wildman–Crippen LogP) is 4.79. The molecule has 1 atom stereocenters. The van der Waals surface area contributed by atoms with Crippen molar-refractivity contribution in [3.05, 3.63) is 100 Å². The molecule has 1 aliphatic rings. The minimum absolute atomic E-state index is 0.0163. The van der Waals surface area contributed by atoms with Crippen molar-refractivity contribution in [3.63, 3.8) is 0 Å². The standard InChI is InChI=1S/C31H34BrN3O5S/c1-22(2)20-33-30(37)27(19-23-10-4-3-5-11-23)34(21-24-12-8-13-25(32)18-24)29(36)16-9-17-35-31(38)26-14-6-7-15-28(26)41(35,39)40/h3-8,10-15,18,22,27H,9,16-17,19-21H2,1-2H3,(H,33,37)/t27-/m0/s1. The summed E-state index contributed by atoms with van der Waals surface area (Å²) >= 11 is 3.48. The highest BCUT2D eigenvalue weighted by Crippen LogP contribution is 2.30. The number of nitrogens with zero attached hydrogens (tertiary/aromatic N) is 2. The Hall–Kier alpha value is -3.50. The summed E-state index contributed by atoms with van der Waals surface area (Å²) in [6, 6.07) is 22.4. The van der Waals surface area contributed by atoms with Crippen molar-refractivity contribution in [1.82, 2.24) is 14.5 Å². The number of sulfonamides is 1. The van der Waals surface area contributed by atoms with Crippen molar-refractivity contribution in [1.29, 1.82) is 0 Å². The first-order valence-electron chi connectivity index (χ1n) is 13.6. The Bertz CT molecular complexity index is 1510. The summed E-state index contributed by atoms with van der Waals surface area (Å²) in [4.78, 5) is 41.7. The van der Waals surface area contributed by atoms with Crippen LogP contribution in [-0.2, 0) is 32.6 Å². The fourth-order valence-electron chi connectivity index (χ4n) is 4.78. The predicted molar refractivity (Wildman–Crippen MR) is 160 cm³/mol. The van der Waals surface area contributed by atoms with Gasteiger partial charge in [0.25, 0.3) is 15.9 Å². The molecular weight excluding hydrogens is 606 g/mol. The van der Waals surface area contributed by atoms with Crippen LogP contribution < -0.4 is 5.32 Å². The van der Waals surface area contributed by atoms with Gasteiger partial charge in [0.15, 0.2) is 0 Å². The molecule has 4 rings (SSSR count). The Balaban J connectivity index is 1.56. The largest absolute Gasteiger partial charge is 0.354 e. The number of benzene rings is 3. The number of carbonyl (C=O) groups is 3. The number of rotatable bonds is 12. The van der Waals surface area contributed by atoms with E-state index in [1.807, 2.05) is 68.4 Å². The maximum absolute atomic E-state index is 13.8. The zero-order valence-electron chi connectivity index (χ0n) is 23.1. The van der Waals surface area contributed by atoms with E-state index < -0.39 is 22.0 Å². The van der Waals surface area contributed by atoms with Crippen molar-refractivity contribution in [3.8, 4) is 0 Å². The normalized spacial score (nSPS) is 14.5. The molecule has 8 nitrogen and oxygen atoms in total. The minimum Gasteiger partial charge on any atom is -0.354 e. The van der Waals surface area contributed by atoms with Crippen LogP contribution in [0.5, 0.6) is 0 Å². The van der Waals surface area contributed by atoms with Gasteiger partial charge in [-0.2, -0.15) is 0 Å². The van der Waals surface area contributed by atoms with Gasteiger partial charge in [-0.3, -0.25) is 14.4 Å². The van der Waals surface area contributed by atoms with E-state index in [-0.39, 0.29) is 54.1 Å². The number of carbonyl (C=O) groups excluding carboxylic acids is 3. The molecule has 0 bridgehead atoms. The van der Waals surface area contributed by atoms with Gasteiger partial charge in [0.2, 0.25) is 11.8 Å². The smallest absolute Gasteiger partial charge is 0.269 e. The lowest BCUT2D eigenvalue weighted by Crippen LogP contribution is -2.51. The number of amides is 3. The fraction of sp³-hybridized carbons (Fsp3) is 0.323. The molecule has 0 fully saturated rings. The average Bonchev–Trinajstić information content (AvgIpc) is 3.14.